The summed E-state index contributed by atoms with van der Waals surface area (Å²) in [6, 6.07) is 3.96. The number of ether oxygens (including phenoxy) is 2. The average molecular weight is 250 g/mol. The van der Waals surface area contributed by atoms with Crippen LogP contribution >= 0.6 is 0 Å². The summed E-state index contributed by atoms with van der Waals surface area (Å²) in [7, 11) is 0. The van der Waals surface area contributed by atoms with E-state index >= 15 is 0 Å². The van der Waals surface area contributed by atoms with Gasteiger partial charge in [0.1, 0.15) is 0 Å². The standard InChI is InChI=1S/C14H22N2O2/c1-2-13(15)14(12-4-3-6-16-8-12)18-10-11-5-7-17-9-11/h3-4,6,8,11,13-14H,2,5,7,9-10,15H2,1H3. The Morgan fingerprint density at radius 2 is 2.50 bits per heavy atom. The van der Waals surface area contributed by atoms with Crippen LogP contribution in [-0.2, 0) is 9.47 Å². The lowest BCUT2D eigenvalue weighted by molar-refractivity contribution is 0.00930. The van der Waals surface area contributed by atoms with Crippen molar-refractivity contribution in [3.8, 4) is 0 Å². The third kappa shape index (κ3) is 3.51. The highest BCUT2D eigenvalue weighted by molar-refractivity contribution is 5.14. The van der Waals surface area contributed by atoms with Crippen molar-refractivity contribution >= 4 is 0 Å². The van der Waals surface area contributed by atoms with Gasteiger partial charge in [-0.2, -0.15) is 0 Å². The Bertz CT molecular complexity index is 339. The molecular weight excluding hydrogens is 228 g/mol. The lowest BCUT2D eigenvalue weighted by atomic mass is 10.0. The largest absolute Gasteiger partial charge is 0.381 e. The first-order chi connectivity index (χ1) is 8.81. The van der Waals surface area contributed by atoms with Crippen LogP contribution in [0.4, 0.5) is 0 Å². The summed E-state index contributed by atoms with van der Waals surface area (Å²) in [4.78, 5) is 4.14. The summed E-state index contributed by atoms with van der Waals surface area (Å²) in [6.45, 7) is 4.45. The summed E-state index contributed by atoms with van der Waals surface area (Å²) in [5.41, 5.74) is 7.21. The first-order valence-electron chi connectivity index (χ1n) is 6.66. The van der Waals surface area contributed by atoms with Crippen LogP contribution in [0, 0.1) is 5.92 Å². The van der Waals surface area contributed by atoms with Crippen molar-refractivity contribution in [1.29, 1.82) is 0 Å². The fourth-order valence-corrected chi connectivity index (χ4v) is 2.18. The van der Waals surface area contributed by atoms with Crippen molar-refractivity contribution in [3.05, 3.63) is 30.1 Å². The zero-order valence-electron chi connectivity index (χ0n) is 10.9. The zero-order chi connectivity index (χ0) is 12.8. The van der Waals surface area contributed by atoms with Crippen molar-refractivity contribution in [1.82, 2.24) is 4.98 Å². The first kappa shape index (κ1) is 13.5. The SMILES string of the molecule is CCC(N)C(OCC1CCOC1)c1cccnc1. The molecule has 18 heavy (non-hydrogen) atoms. The molecule has 1 aliphatic heterocycles. The fraction of sp³-hybridized carbons (Fsp3) is 0.643. The molecule has 3 unspecified atom stereocenters. The van der Waals surface area contributed by atoms with Crippen molar-refractivity contribution in [2.75, 3.05) is 19.8 Å². The molecule has 0 radical (unpaired) electrons. The minimum atomic E-state index is -0.0655. The van der Waals surface area contributed by atoms with Gasteiger partial charge in [0.05, 0.1) is 19.3 Å². The minimum Gasteiger partial charge on any atom is -0.381 e. The van der Waals surface area contributed by atoms with Crippen molar-refractivity contribution in [3.63, 3.8) is 0 Å². The lowest BCUT2D eigenvalue weighted by Gasteiger charge is -2.24. The molecule has 2 rings (SSSR count). The molecule has 1 fully saturated rings. The predicted octanol–water partition coefficient (Wildman–Crippen LogP) is 1.91. The van der Waals surface area contributed by atoms with Gasteiger partial charge >= 0.3 is 0 Å². The van der Waals surface area contributed by atoms with E-state index in [1.165, 1.54) is 0 Å². The smallest absolute Gasteiger partial charge is 0.0990 e. The monoisotopic (exact) mass is 250 g/mol. The molecule has 2 heterocycles. The summed E-state index contributed by atoms with van der Waals surface area (Å²) in [5, 5.41) is 0. The highest BCUT2D eigenvalue weighted by atomic mass is 16.5. The molecular formula is C14H22N2O2. The van der Waals surface area contributed by atoms with Gasteiger partial charge in [-0.05, 0) is 18.9 Å². The van der Waals surface area contributed by atoms with E-state index in [-0.39, 0.29) is 12.1 Å². The Hall–Kier alpha value is -0.970. The molecule has 1 aromatic rings. The van der Waals surface area contributed by atoms with Gasteiger partial charge in [0.2, 0.25) is 0 Å². The molecule has 3 atom stereocenters. The number of aromatic nitrogens is 1. The van der Waals surface area contributed by atoms with Crippen LogP contribution in [0.25, 0.3) is 0 Å². The van der Waals surface area contributed by atoms with E-state index in [1.807, 2.05) is 18.3 Å². The summed E-state index contributed by atoms with van der Waals surface area (Å²) < 4.78 is 11.4. The number of nitrogens with zero attached hydrogens (tertiary/aromatic N) is 1. The molecule has 0 spiro atoms. The van der Waals surface area contributed by atoms with Gasteiger partial charge in [-0.15, -0.1) is 0 Å². The summed E-state index contributed by atoms with van der Waals surface area (Å²) >= 11 is 0. The van der Waals surface area contributed by atoms with Crippen LogP contribution in [0.15, 0.2) is 24.5 Å². The van der Waals surface area contributed by atoms with E-state index in [0.717, 1.165) is 31.6 Å². The topological polar surface area (TPSA) is 57.4 Å². The Kier molecular flexibility index (Phi) is 5.11. The molecule has 1 aromatic heterocycles. The Balaban J connectivity index is 1.96. The van der Waals surface area contributed by atoms with Gasteiger partial charge in [0.15, 0.2) is 0 Å². The third-order valence-electron chi connectivity index (χ3n) is 3.41. The maximum atomic E-state index is 6.15. The molecule has 0 amide bonds. The third-order valence-corrected chi connectivity index (χ3v) is 3.41. The number of hydrogen-bond donors (Lipinski definition) is 1. The Morgan fingerprint density at radius 1 is 1.61 bits per heavy atom. The second-order valence-corrected chi connectivity index (χ2v) is 4.84. The van der Waals surface area contributed by atoms with Gasteiger partial charge in [-0.25, -0.2) is 0 Å². The number of pyridine rings is 1. The first-order valence-corrected chi connectivity index (χ1v) is 6.66. The molecule has 1 aliphatic rings. The predicted molar refractivity (Wildman–Crippen MR) is 70.1 cm³/mol. The Morgan fingerprint density at radius 3 is 3.11 bits per heavy atom. The maximum Gasteiger partial charge on any atom is 0.0990 e. The van der Waals surface area contributed by atoms with Gasteiger partial charge in [0.25, 0.3) is 0 Å². The van der Waals surface area contributed by atoms with E-state index in [2.05, 4.69) is 11.9 Å². The maximum absolute atomic E-state index is 6.15. The van der Waals surface area contributed by atoms with E-state index in [4.69, 9.17) is 15.2 Å². The van der Waals surface area contributed by atoms with Gasteiger partial charge in [-0.1, -0.05) is 13.0 Å². The van der Waals surface area contributed by atoms with Gasteiger partial charge < -0.3 is 15.2 Å². The van der Waals surface area contributed by atoms with Crippen LogP contribution in [0.1, 0.15) is 31.4 Å². The highest BCUT2D eigenvalue weighted by Gasteiger charge is 2.23. The molecule has 4 heteroatoms. The number of hydrogen-bond acceptors (Lipinski definition) is 4. The molecule has 0 aromatic carbocycles. The van der Waals surface area contributed by atoms with E-state index < -0.39 is 0 Å². The molecule has 100 valence electrons. The molecule has 0 aliphatic carbocycles. The highest BCUT2D eigenvalue weighted by Crippen LogP contribution is 2.23. The quantitative estimate of drug-likeness (QED) is 0.838. The van der Waals surface area contributed by atoms with Crippen molar-refractivity contribution < 1.29 is 9.47 Å². The number of rotatable bonds is 6. The van der Waals surface area contributed by atoms with E-state index in [0.29, 0.717) is 12.5 Å². The van der Waals surface area contributed by atoms with Crippen molar-refractivity contribution in [2.45, 2.75) is 31.9 Å². The van der Waals surface area contributed by atoms with Crippen LogP contribution in [-0.4, -0.2) is 30.8 Å². The van der Waals surface area contributed by atoms with Crippen LogP contribution < -0.4 is 5.73 Å². The van der Waals surface area contributed by atoms with Crippen LogP contribution in [0.2, 0.25) is 0 Å². The zero-order valence-corrected chi connectivity index (χ0v) is 10.9. The Labute approximate surface area is 108 Å². The fourth-order valence-electron chi connectivity index (χ4n) is 2.18. The van der Waals surface area contributed by atoms with Gasteiger partial charge in [0, 0.05) is 36.5 Å². The van der Waals surface area contributed by atoms with Crippen molar-refractivity contribution in [2.24, 2.45) is 11.7 Å². The summed E-state index contributed by atoms with van der Waals surface area (Å²) in [6.07, 6.45) is 5.51. The van der Waals surface area contributed by atoms with Crippen LogP contribution in [0.5, 0.6) is 0 Å². The molecule has 0 bridgehead atoms. The normalized spacial score (nSPS) is 22.9. The molecule has 0 saturated carbocycles. The number of nitrogens with two attached hydrogens (primary N) is 1. The second-order valence-electron chi connectivity index (χ2n) is 4.84. The second kappa shape index (κ2) is 6.83. The minimum absolute atomic E-state index is 0.0107. The average Bonchev–Trinajstić information content (AvgIpc) is 2.93. The molecule has 4 nitrogen and oxygen atoms in total. The van der Waals surface area contributed by atoms with E-state index in [9.17, 15) is 0 Å². The van der Waals surface area contributed by atoms with Gasteiger partial charge in [-0.3, -0.25) is 4.98 Å². The summed E-state index contributed by atoms with van der Waals surface area (Å²) in [5.74, 6) is 0.508. The van der Waals surface area contributed by atoms with E-state index in [1.54, 1.807) is 6.20 Å². The molecule has 1 saturated heterocycles. The lowest BCUT2D eigenvalue weighted by Crippen LogP contribution is -2.31. The molecule has 2 N–H and O–H groups in total. The van der Waals surface area contributed by atoms with Crippen LogP contribution in [0.3, 0.4) is 0 Å².